The van der Waals surface area contributed by atoms with Crippen LogP contribution in [0.15, 0.2) is 78.9 Å². The van der Waals surface area contributed by atoms with Gasteiger partial charge in [0.25, 0.3) is 5.91 Å². The van der Waals surface area contributed by atoms with Crippen LogP contribution in [0.3, 0.4) is 0 Å². The molecule has 0 aliphatic rings. The van der Waals surface area contributed by atoms with Crippen LogP contribution in [0, 0.1) is 0 Å². The van der Waals surface area contributed by atoms with Gasteiger partial charge in [0.2, 0.25) is 5.91 Å². The molecule has 0 unspecified atom stereocenters. The SMILES string of the molecule is CC[C@H](C)NC(=O)[C@H](Cc1ccccc1)N(Cc1ccc(Cl)cc1)C(=O)COc1ccccc1Cl. The maximum atomic E-state index is 13.5. The number of carbonyl (C=O) groups is 2. The van der Waals surface area contributed by atoms with Gasteiger partial charge < -0.3 is 15.0 Å². The van der Waals surface area contributed by atoms with Crippen molar-refractivity contribution in [2.45, 2.75) is 45.3 Å². The van der Waals surface area contributed by atoms with Crippen molar-refractivity contribution in [3.8, 4) is 5.75 Å². The Bertz CT molecular complexity index is 1110. The van der Waals surface area contributed by atoms with Crippen molar-refractivity contribution >= 4 is 35.0 Å². The van der Waals surface area contributed by atoms with E-state index in [0.717, 1.165) is 17.5 Å². The van der Waals surface area contributed by atoms with Crippen LogP contribution in [-0.4, -0.2) is 35.4 Å². The molecule has 1 N–H and O–H groups in total. The molecule has 0 spiro atoms. The molecule has 0 aliphatic heterocycles. The van der Waals surface area contributed by atoms with Crippen LogP contribution in [0.2, 0.25) is 10.0 Å². The third kappa shape index (κ3) is 8.01. The van der Waals surface area contributed by atoms with Crippen molar-refractivity contribution in [3.05, 3.63) is 100 Å². The van der Waals surface area contributed by atoms with E-state index in [0.29, 0.717) is 22.2 Å². The van der Waals surface area contributed by atoms with Crippen molar-refractivity contribution in [3.63, 3.8) is 0 Å². The second-order valence-corrected chi connectivity index (χ2v) is 9.23. The van der Waals surface area contributed by atoms with Gasteiger partial charge in [0.1, 0.15) is 11.8 Å². The Hall–Kier alpha value is -3.02. The summed E-state index contributed by atoms with van der Waals surface area (Å²) in [6.07, 6.45) is 1.15. The molecule has 5 nitrogen and oxygen atoms in total. The molecule has 0 aromatic heterocycles. The molecule has 7 heteroatoms. The third-order valence-electron chi connectivity index (χ3n) is 5.73. The summed E-state index contributed by atoms with van der Waals surface area (Å²) in [5, 5.41) is 4.06. The Morgan fingerprint density at radius 1 is 0.914 bits per heavy atom. The van der Waals surface area contributed by atoms with Crippen LogP contribution in [-0.2, 0) is 22.6 Å². The first kappa shape index (κ1) is 26.6. The molecule has 0 radical (unpaired) electrons. The highest BCUT2D eigenvalue weighted by Crippen LogP contribution is 2.24. The van der Waals surface area contributed by atoms with Crippen LogP contribution in [0.1, 0.15) is 31.4 Å². The quantitative estimate of drug-likeness (QED) is 0.346. The first-order chi connectivity index (χ1) is 16.9. The van der Waals surface area contributed by atoms with Crippen molar-refractivity contribution in [1.29, 1.82) is 0 Å². The topological polar surface area (TPSA) is 58.6 Å². The molecule has 0 saturated carbocycles. The predicted molar refractivity (Wildman–Crippen MR) is 141 cm³/mol. The van der Waals surface area contributed by atoms with Crippen LogP contribution in [0.4, 0.5) is 0 Å². The molecule has 0 heterocycles. The molecule has 3 aromatic rings. The maximum absolute atomic E-state index is 13.5. The Morgan fingerprint density at radius 2 is 1.57 bits per heavy atom. The Labute approximate surface area is 217 Å². The first-order valence-electron chi connectivity index (χ1n) is 11.6. The van der Waals surface area contributed by atoms with E-state index in [2.05, 4.69) is 5.32 Å². The van der Waals surface area contributed by atoms with E-state index < -0.39 is 6.04 Å². The Morgan fingerprint density at radius 3 is 2.23 bits per heavy atom. The van der Waals surface area contributed by atoms with E-state index in [1.54, 1.807) is 41.3 Å². The number of rotatable bonds is 11. The predicted octanol–water partition coefficient (Wildman–Crippen LogP) is 5.93. The summed E-state index contributed by atoms with van der Waals surface area (Å²) in [5.74, 6) is -0.110. The van der Waals surface area contributed by atoms with Gasteiger partial charge in [0.05, 0.1) is 5.02 Å². The van der Waals surface area contributed by atoms with Crippen molar-refractivity contribution < 1.29 is 14.3 Å². The van der Waals surface area contributed by atoms with Crippen LogP contribution >= 0.6 is 23.2 Å². The van der Waals surface area contributed by atoms with E-state index in [1.165, 1.54) is 0 Å². The zero-order valence-electron chi connectivity index (χ0n) is 19.9. The number of ether oxygens (including phenoxy) is 1. The molecule has 0 aliphatic carbocycles. The number of hydrogen-bond acceptors (Lipinski definition) is 3. The second kappa shape index (κ2) is 13.2. The minimum Gasteiger partial charge on any atom is -0.482 e. The van der Waals surface area contributed by atoms with Gasteiger partial charge >= 0.3 is 0 Å². The van der Waals surface area contributed by atoms with Crippen molar-refractivity contribution in [2.24, 2.45) is 0 Å². The number of para-hydroxylation sites is 1. The summed E-state index contributed by atoms with van der Waals surface area (Å²) in [6.45, 7) is 3.93. The molecule has 35 heavy (non-hydrogen) atoms. The van der Waals surface area contributed by atoms with Gasteiger partial charge in [-0.25, -0.2) is 0 Å². The molecule has 3 aromatic carbocycles. The summed E-state index contributed by atoms with van der Waals surface area (Å²) in [7, 11) is 0. The summed E-state index contributed by atoms with van der Waals surface area (Å²) >= 11 is 12.3. The van der Waals surface area contributed by atoms with Gasteiger partial charge in [0, 0.05) is 24.0 Å². The molecule has 3 rings (SSSR count). The lowest BCUT2D eigenvalue weighted by atomic mass is 10.0. The Kier molecular flexibility index (Phi) is 10.0. The molecule has 0 fully saturated rings. The lowest BCUT2D eigenvalue weighted by molar-refractivity contribution is -0.143. The average molecular weight is 513 g/mol. The molecular formula is C28H30Cl2N2O3. The maximum Gasteiger partial charge on any atom is 0.261 e. The van der Waals surface area contributed by atoms with E-state index in [4.69, 9.17) is 27.9 Å². The van der Waals surface area contributed by atoms with Gasteiger partial charge in [-0.15, -0.1) is 0 Å². The lowest BCUT2D eigenvalue weighted by Gasteiger charge is -2.32. The second-order valence-electron chi connectivity index (χ2n) is 8.39. The fourth-order valence-corrected chi connectivity index (χ4v) is 3.88. The molecule has 0 bridgehead atoms. The van der Waals surface area contributed by atoms with Gasteiger partial charge in [-0.05, 0) is 48.7 Å². The minimum atomic E-state index is -0.732. The van der Waals surface area contributed by atoms with Crippen LogP contribution in [0.25, 0.3) is 0 Å². The summed E-state index contributed by atoms with van der Waals surface area (Å²) in [5.41, 5.74) is 1.81. The van der Waals surface area contributed by atoms with Crippen LogP contribution in [0.5, 0.6) is 5.75 Å². The number of benzene rings is 3. The van der Waals surface area contributed by atoms with Gasteiger partial charge in [-0.2, -0.15) is 0 Å². The molecule has 2 atom stereocenters. The minimum absolute atomic E-state index is 0.0207. The van der Waals surface area contributed by atoms with Crippen molar-refractivity contribution in [1.82, 2.24) is 10.2 Å². The van der Waals surface area contributed by atoms with Gasteiger partial charge in [-0.1, -0.05) is 84.7 Å². The number of hydrogen-bond donors (Lipinski definition) is 1. The number of nitrogens with one attached hydrogen (secondary N) is 1. The standard InChI is InChI=1S/C28H30Cl2N2O3/c1-3-20(2)31-28(34)25(17-21-9-5-4-6-10-21)32(18-22-13-15-23(29)16-14-22)27(33)19-35-26-12-8-7-11-24(26)30/h4-16,20,25H,3,17-19H2,1-2H3,(H,31,34)/t20-,25-/m0/s1. The smallest absolute Gasteiger partial charge is 0.261 e. The number of halogens is 2. The van der Waals surface area contributed by atoms with E-state index in [-0.39, 0.29) is 31.0 Å². The number of nitrogens with zero attached hydrogens (tertiary/aromatic N) is 1. The number of amides is 2. The largest absolute Gasteiger partial charge is 0.482 e. The average Bonchev–Trinajstić information content (AvgIpc) is 2.87. The third-order valence-corrected chi connectivity index (χ3v) is 6.29. The van der Waals surface area contributed by atoms with Gasteiger partial charge in [0.15, 0.2) is 6.61 Å². The highest BCUT2D eigenvalue weighted by atomic mass is 35.5. The molecule has 184 valence electrons. The lowest BCUT2D eigenvalue weighted by Crippen LogP contribution is -2.53. The fraction of sp³-hybridized carbons (Fsp3) is 0.286. The normalized spacial score (nSPS) is 12.5. The van der Waals surface area contributed by atoms with Crippen molar-refractivity contribution in [2.75, 3.05) is 6.61 Å². The monoisotopic (exact) mass is 512 g/mol. The van der Waals surface area contributed by atoms with Gasteiger partial charge in [-0.3, -0.25) is 9.59 Å². The highest BCUT2D eigenvalue weighted by molar-refractivity contribution is 6.32. The summed E-state index contributed by atoms with van der Waals surface area (Å²) in [6, 6.07) is 23.1. The fourth-order valence-electron chi connectivity index (χ4n) is 3.57. The van der Waals surface area contributed by atoms with E-state index in [1.807, 2.05) is 56.3 Å². The zero-order chi connectivity index (χ0) is 25.2. The number of carbonyl (C=O) groups excluding carboxylic acids is 2. The zero-order valence-corrected chi connectivity index (χ0v) is 21.4. The first-order valence-corrected chi connectivity index (χ1v) is 12.4. The summed E-state index contributed by atoms with van der Waals surface area (Å²) in [4.78, 5) is 28.6. The molecular weight excluding hydrogens is 483 g/mol. The highest BCUT2D eigenvalue weighted by Gasteiger charge is 2.31. The van der Waals surface area contributed by atoms with E-state index >= 15 is 0 Å². The van der Waals surface area contributed by atoms with Crippen LogP contribution < -0.4 is 10.1 Å². The summed E-state index contributed by atoms with van der Waals surface area (Å²) < 4.78 is 5.74. The van der Waals surface area contributed by atoms with E-state index in [9.17, 15) is 9.59 Å². The molecule has 2 amide bonds. The molecule has 0 saturated heterocycles. The Balaban J connectivity index is 1.91.